The van der Waals surface area contributed by atoms with E-state index in [1.807, 2.05) is 47.0 Å². The van der Waals surface area contributed by atoms with Crippen LogP contribution in [0.1, 0.15) is 11.4 Å². The van der Waals surface area contributed by atoms with Crippen molar-refractivity contribution in [2.45, 2.75) is 13.1 Å². The summed E-state index contributed by atoms with van der Waals surface area (Å²) >= 11 is 0. The van der Waals surface area contributed by atoms with E-state index in [-0.39, 0.29) is 0 Å². The summed E-state index contributed by atoms with van der Waals surface area (Å²) in [5.41, 5.74) is 1.94. The molecule has 0 spiro atoms. The second kappa shape index (κ2) is 5.06. The molecular formula is C15H14N4O2. The summed E-state index contributed by atoms with van der Waals surface area (Å²) in [6, 6.07) is 11.8. The highest BCUT2D eigenvalue weighted by molar-refractivity contribution is 5.48. The lowest BCUT2D eigenvalue weighted by Crippen LogP contribution is -2.15. The van der Waals surface area contributed by atoms with Gasteiger partial charge in [0, 0.05) is 18.3 Å². The fraction of sp³-hybridized carbons (Fsp3) is 0.200. The van der Waals surface area contributed by atoms with Crippen molar-refractivity contribution in [1.82, 2.24) is 19.9 Å². The van der Waals surface area contributed by atoms with E-state index < -0.39 is 0 Å². The van der Waals surface area contributed by atoms with Gasteiger partial charge in [0.2, 0.25) is 6.79 Å². The maximum Gasteiger partial charge on any atom is 0.231 e. The van der Waals surface area contributed by atoms with Gasteiger partial charge >= 0.3 is 0 Å². The van der Waals surface area contributed by atoms with Crippen LogP contribution in [-0.2, 0) is 13.1 Å². The number of benzene rings is 1. The molecule has 1 aliphatic rings. The van der Waals surface area contributed by atoms with Gasteiger partial charge in [-0.15, -0.1) is 10.2 Å². The van der Waals surface area contributed by atoms with Crippen LogP contribution in [0.5, 0.6) is 11.5 Å². The molecule has 3 aromatic rings. The first kappa shape index (κ1) is 12.2. The molecule has 1 N–H and O–H groups in total. The highest BCUT2D eigenvalue weighted by Crippen LogP contribution is 2.35. The van der Waals surface area contributed by atoms with Gasteiger partial charge in [0.15, 0.2) is 23.0 Å². The van der Waals surface area contributed by atoms with E-state index in [1.165, 1.54) is 0 Å². The van der Waals surface area contributed by atoms with Gasteiger partial charge in [-0.25, -0.2) is 0 Å². The Bertz CT molecular complexity index is 784. The number of pyridine rings is 1. The van der Waals surface area contributed by atoms with Gasteiger partial charge in [0.1, 0.15) is 0 Å². The predicted octanol–water partition coefficient (Wildman–Crippen LogP) is 1.75. The second-order valence-corrected chi connectivity index (χ2v) is 4.80. The van der Waals surface area contributed by atoms with Crippen molar-refractivity contribution in [2.75, 3.05) is 6.79 Å². The molecule has 0 amide bonds. The largest absolute Gasteiger partial charge is 0.454 e. The Hall–Kier alpha value is -2.60. The van der Waals surface area contributed by atoms with Crippen molar-refractivity contribution >= 4 is 5.65 Å². The minimum Gasteiger partial charge on any atom is -0.454 e. The topological polar surface area (TPSA) is 60.7 Å². The molecule has 6 heteroatoms. The number of ether oxygens (including phenoxy) is 2. The van der Waals surface area contributed by atoms with Gasteiger partial charge in [0.25, 0.3) is 0 Å². The first-order valence-corrected chi connectivity index (χ1v) is 6.79. The van der Waals surface area contributed by atoms with Crippen LogP contribution in [0.2, 0.25) is 0 Å². The molecule has 0 bridgehead atoms. The van der Waals surface area contributed by atoms with Crippen molar-refractivity contribution < 1.29 is 9.47 Å². The number of rotatable bonds is 4. The minimum atomic E-state index is 0.293. The van der Waals surface area contributed by atoms with Gasteiger partial charge in [-0.2, -0.15) is 0 Å². The quantitative estimate of drug-likeness (QED) is 0.790. The molecule has 0 unspecified atom stereocenters. The molecule has 1 aromatic carbocycles. The van der Waals surface area contributed by atoms with Crippen molar-refractivity contribution in [3.8, 4) is 11.5 Å². The molecule has 0 fully saturated rings. The minimum absolute atomic E-state index is 0.293. The maximum absolute atomic E-state index is 5.49. The van der Waals surface area contributed by atoms with Crippen LogP contribution < -0.4 is 14.8 Å². The lowest BCUT2D eigenvalue weighted by molar-refractivity contribution is 0.173. The zero-order chi connectivity index (χ0) is 14.1. The lowest BCUT2D eigenvalue weighted by atomic mass is 10.2. The molecule has 0 radical (unpaired) electrons. The molecule has 1 aliphatic heterocycles. The number of hydrogen-bond donors (Lipinski definition) is 1. The molecule has 0 saturated heterocycles. The summed E-state index contributed by atoms with van der Waals surface area (Å²) in [7, 11) is 0. The maximum atomic E-state index is 5.49. The number of nitrogens with one attached hydrogen (secondary N) is 1. The van der Waals surface area contributed by atoms with Gasteiger partial charge in [-0.1, -0.05) is 18.2 Å². The third kappa shape index (κ3) is 2.19. The monoisotopic (exact) mass is 282 g/mol. The fourth-order valence-corrected chi connectivity index (χ4v) is 2.45. The fourth-order valence-electron chi connectivity index (χ4n) is 2.45. The van der Waals surface area contributed by atoms with Crippen LogP contribution in [0.15, 0.2) is 42.6 Å². The van der Waals surface area contributed by atoms with E-state index in [1.54, 1.807) is 0 Å². The Labute approximate surface area is 121 Å². The molecule has 21 heavy (non-hydrogen) atoms. The van der Waals surface area contributed by atoms with E-state index >= 15 is 0 Å². The standard InChI is InChI=1S/C15H14N4O2/c1-2-7-19-13(6-1)17-18-14(19)9-16-8-11-4-3-5-12-15(11)21-10-20-12/h1-7,16H,8-10H2. The van der Waals surface area contributed by atoms with Crippen LogP contribution in [0.4, 0.5) is 0 Å². The highest BCUT2D eigenvalue weighted by atomic mass is 16.7. The molecule has 0 atom stereocenters. The van der Waals surface area contributed by atoms with Gasteiger partial charge in [-0.05, 0) is 18.2 Å². The van der Waals surface area contributed by atoms with E-state index in [9.17, 15) is 0 Å². The average molecular weight is 282 g/mol. The third-order valence-electron chi connectivity index (χ3n) is 3.46. The third-order valence-corrected chi connectivity index (χ3v) is 3.46. The average Bonchev–Trinajstić information content (AvgIpc) is 3.15. The first-order chi connectivity index (χ1) is 10.4. The molecule has 3 heterocycles. The zero-order valence-corrected chi connectivity index (χ0v) is 11.3. The van der Waals surface area contributed by atoms with E-state index in [0.717, 1.165) is 28.5 Å². The van der Waals surface area contributed by atoms with Gasteiger partial charge in [0.05, 0.1) is 6.54 Å². The van der Waals surface area contributed by atoms with Crippen molar-refractivity contribution in [1.29, 1.82) is 0 Å². The van der Waals surface area contributed by atoms with Crippen LogP contribution >= 0.6 is 0 Å². The summed E-state index contributed by atoms with van der Waals surface area (Å²) in [5, 5.41) is 11.7. The number of nitrogens with zero attached hydrogens (tertiary/aromatic N) is 3. The van der Waals surface area contributed by atoms with E-state index in [0.29, 0.717) is 19.9 Å². The number of aromatic nitrogens is 3. The number of hydrogen-bond acceptors (Lipinski definition) is 5. The molecule has 0 aliphatic carbocycles. The summed E-state index contributed by atoms with van der Waals surface area (Å²) in [4.78, 5) is 0. The summed E-state index contributed by atoms with van der Waals surface area (Å²) in [5.74, 6) is 2.52. The second-order valence-electron chi connectivity index (χ2n) is 4.80. The van der Waals surface area contributed by atoms with Crippen LogP contribution in [0.25, 0.3) is 5.65 Å². The van der Waals surface area contributed by atoms with Gasteiger partial charge < -0.3 is 14.8 Å². The first-order valence-electron chi connectivity index (χ1n) is 6.79. The normalized spacial score (nSPS) is 13.0. The van der Waals surface area contributed by atoms with E-state index in [2.05, 4.69) is 15.5 Å². The molecule has 4 rings (SSSR count). The Morgan fingerprint density at radius 3 is 3.05 bits per heavy atom. The van der Waals surface area contributed by atoms with Crippen molar-refractivity contribution in [3.05, 3.63) is 54.0 Å². The lowest BCUT2D eigenvalue weighted by Gasteiger charge is -2.07. The Morgan fingerprint density at radius 2 is 2.05 bits per heavy atom. The highest BCUT2D eigenvalue weighted by Gasteiger charge is 2.16. The van der Waals surface area contributed by atoms with Crippen LogP contribution in [0.3, 0.4) is 0 Å². The number of para-hydroxylation sites is 1. The predicted molar refractivity (Wildman–Crippen MR) is 76.1 cm³/mol. The summed E-state index contributed by atoms with van der Waals surface area (Å²) < 4.78 is 12.8. The molecular weight excluding hydrogens is 268 g/mol. The Balaban J connectivity index is 1.47. The van der Waals surface area contributed by atoms with Crippen LogP contribution in [-0.4, -0.2) is 21.4 Å². The molecule has 6 nitrogen and oxygen atoms in total. The van der Waals surface area contributed by atoms with Gasteiger partial charge in [-0.3, -0.25) is 4.40 Å². The Morgan fingerprint density at radius 1 is 1.05 bits per heavy atom. The number of fused-ring (bicyclic) bond motifs is 2. The summed E-state index contributed by atoms with van der Waals surface area (Å²) in [6.07, 6.45) is 1.96. The smallest absolute Gasteiger partial charge is 0.231 e. The molecule has 0 saturated carbocycles. The zero-order valence-electron chi connectivity index (χ0n) is 11.3. The SMILES string of the molecule is c1cc(CNCc2nnc3ccccn23)c2c(c1)OCO2. The van der Waals surface area contributed by atoms with Crippen LogP contribution in [0, 0.1) is 0 Å². The van der Waals surface area contributed by atoms with Crippen molar-refractivity contribution in [2.24, 2.45) is 0 Å². The summed E-state index contributed by atoms with van der Waals surface area (Å²) in [6.45, 7) is 1.62. The van der Waals surface area contributed by atoms with E-state index in [4.69, 9.17) is 9.47 Å². The van der Waals surface area contributed by atoms with Crippen molar-refractivity contribution in [3.63, 3.8) is 0 Å². The molecule has 106 valence electrons. The Kier molecular flexibility index (Phi) is 2.93. The molecule has 2 aromatic heterocycles.